The summed E-state index contributed by atoms with van der Waals surface area (Å²) < 4.78 is 1.39. The van der Waals surface area contributed by atoms with Crippen molar-refractivity contribution in [3.05, 3.63) is 57.0 Å². The average molecular weight is 413 g/mol. The Labute approximate surface area is 170 Å². The van der Waals surface area contributed by atoms with Crippen LogP contribution in [-0.2, 0) is 12.2 Å². The monoisotopic (exact) mass is 412 g/mol. The number of hydrogen-bond donors (Lipinski definition) is 1. The molecule has 28 heavy (non-hydrogen) atoms. The molecule has 1 N–H and O–H groups in total. The lowest BCUT2D eigenvalue weighted by atomic mass is 10.1. The third kappa shape index (κ3) is 4.15. The van der Waals surface area contributed by atoms with E-state index < -0.39 is 0 Å². The largest absolute Gasteiger partial charge is 0.275 e. The molecule has 0 saturated carbocycles. The Morgan fingerprint density at radius 2 is 2.00 bits per heavy atom. The topological polar surface area (TPSA) is 88.8 Å². The minimum absolute atomic E-state index is 0.151. The average Bonchev–Trinajstić information content (AvgIpc) is 3.27. The van der Waals surface area contributed by atoms with Gasteiger partial charge in [-0.25, -0.2) is 9.97 Å². The first-order chi connectivity index (χ1) is 13.5. The standard InChI is InChI=1S/C19H20N6OS2/c1-11(2)8-15-24-25-16(26)9-14(20-19(25)28-15)10-27-18-21-17(22-23-18)13-6-4-12(3)5-7-13/h4-7,9,11H,8,10H2,1-3H3,(H,21,22,23). The van der Waals surface area contributed by atoms with Crippen LogP contribution in [0.2, 0.25) is 0 Å². The molecule has 0 fully saturated rings. The maximum Gasteiger partial charge on any atom is 0.275 e. The zero-order valence-electron chi connectivity index (χ0n) is 15.8. The van der Waals surface area contributed by atoms with Crippen LogP contribution < -0.4 is 5.56 Å². The van der Waals surface area contributed by atoms with Crippen LogP contribution in [0.3, 0.4) is 0 Å². The van der Waals surface area contributed by atoms with Gasteiger partial charge in [-0.1, -0.05) is 66.8 Å². The highest BCUT2D eigenvalue weighted by atomic mass is 32.2. The summed E-state index contributed by atoms with van der Waals surface area (Å²) in [6.07, 6.45) is 0.844. The van der Waals surface area contributed by atoms with E-state index in [0.717, 1.165) is 22.8 Å². The molecule has 144 valence electrons. The van der Waals surface area contributed by atoms with E-state index in [1.807, 2.05) is 31.2 Å². The number of aryl methyl sites for hydroxylation is 1. The van der Waals surface area contributed by atoms with Crippen molar-refractivity contribution in [2.45, 2.75) is 38.1 Å². The number of hydrogen-bond acceptors (Lipinski definition) is 7. The van der Waals surface area contributed by atoms with Crippen LogP contribution in [0.15, 0.2) is 40.3 Å². The van der Waals surface area contributed by atoms with Gasteiger partial charge < -0.3 is 0 Å². The van der Waals surface area contributed by atoms with Crippen LogP contribution in [0, 0.1) is 12.8 Å². The third-order valence-electron chi connectivity index (χ3n) is 4.06. The second kappa shape index (κ2) is 7.84. The molecule has 0 bridgehead atoms. The quantitative estimate of drug-likeness (QED) is 0.485. The number of thioether (sulfide) groups is 1. The number of fused-ring (bicyclic) bond motifs is 1. The first kappa shape index (κ1) is 18.8. The molecule has 3 heterocycles. The summed E-state index contributed by atoms with van der Waals surface area (Å²) >= 11 is 2.92. The molecule has 0 aliphatic rings. The van der Waals surface area contributed by atoms with Gasteiger partial charge in [0.1, 0.15) is 5.01 Å². The van der Waals surface area contributed by atoms with Gasteiger partial charge in [-0.15, -0.1) is 5.10 Å². The van der Waals surface area contributed by atoms with Gasteiger partial charge in [0.05, 0.1) is 5.69 Å². The Morgan fingerprint density at radius 1 is 1.21 bits per heavy atom. The summed E-state index contributed by atoms with van der Waals surface area (Å²) in [6, 6.07) is 9.64. The molecule has 0 unspecified atom stereocenters. The van der Waals surface area contributed by atoms with E-state index in [0.29, 0.717) is 27.5 Å². The van der Waals surface area contributed by atoms with E-state index in [1.165, 1.54) is 39.2 Å². The van der Waals surface area contributed by atoms with Crippen LogP contribution in [0.5, 0.6) is 0 Å². The van der Waals surface area contributed by atoms with E-state index in [-0.39, 0.29) is 5.56 Å². The van der Waals surface area contributed by atoms with Gasteiger partial charge in [0.15, 0.2) is 5.82 Å². The van der Waals surface area contributed by atoms with E-state index in [1.54, 1.807) is 0 Å². The van der Waals surface area contributed by atoms with E-state index in [9.17, 15) is 4.79 Å². The van der Waals surface area contributed by atoms with Crippen molar-refractivity contribution < 1.29 is 0 Å². The number of aromatic amines is 1. The molecule has 3 aromatic heterocycles. The predicted molar refractivity (Wildman–Crippen MR) is 112 cm³/mol. The zero-order valence-corrected chi connectivity index (χ0v) is 17.5. The van der Waals surface area contributed by atoms with Crippen molar-refractivity contribution in [2.24, 2.45) is 5.92 Å². The van der Waals surface area contributed by atoms with E-state index in [4.69, 9.17) is 0 Å². The highest BCUT2D eigenvalue weighted by molar-refractivity contribution is 7.98. The summed E-state index contributed by atoms with van der Waals surface area (Å²) in [4.78, 5) is 22.1. The van der Waals surface area contributed by atoms with Gasteiger partial charge >= 0.3 is 0 Å². The van der Waals surface area contributed by atoms with Crippen molar-refractivity contribution in [1.82, 2.24) is 29.8 Å². The van der Waals surface area contributed by atoms with Gasteiger partial charge in [-0.2, -0.15) is 9.61 Å². The molecular formula is C19H20N6OS2. The Hall–Kier alpha value is -2.52. The highest BCUT2D eigenvalue weighted by Gasteiger charge is 2.12. The van der Waals surface area contributed by atoms with Gasteiger partial charge in [-0.05, 0) is 12.8 Å². The number of rotatable bonds is 6. The van der Waals surface area contributed by atoms with Crippen LogP contribution in [0.25, 0.3) is 16.3 Å². The van der Waals surface area contributed by atoms with Gasteiger partial charge in [-0.3, -0.25) is 9.89 Å². The molecule has 0 atom stereocenters. The molecule has 0 aliphatic carbocycles. The van der Waals surface area contributed by atoms with Crippen LogP contribution in [0.4, 0.5) is 0 Å². The van der Waals surface area contributed by atoms with Crippen molar-refractivity contribution in [3.8, 4) is 11.4 Å². The SMILES string of the molecule is Cc1ccc(-c2nc(SCc3cc(=O)n4nc(CC(C)C)sc4n3)n[nH]2)cc1. The lowest BCUT2D eigenvalue weighted by Crippen LogP contribution is -2.15. The smallest absolute Gasteiger partial charge is 0.267 e. The molecule has 1 aromatic carbocycles. The maximum absolute atomic E-state index is 12.3. The number of aromatic nitrogens is 6. The number of nitrogens with zero attached hydrogens (tertiary/aromatic N) is 5. The Bertz CT molecular complexity index is 1160. The van der Waals surface area contributed by atoms with Gasteiger partial charge in [0.25, 0.3) is 5.56 Å². The minimum atomic E-state index is -0.151. The number of benzene rings is 1. The van der Waals surface area contributed by atoms with Crippen LogP contribution in [0.1, 0.15) is 30.1 Å². The summed E-state index contributed by atoms with van der Waals surface area (Å²) in [6.45, 7) is 6.31. The second-order valence-corrected chi connectivity index (χ2v) is 8.98. The molecule has 7 nitrogen and oxygen atoms in total. The fourth-order valence-electron chi connectivity index (χ4n) is 2.69. The second-order valence-electron chi connectivity index (χ2n) is 7.00. The minimum Gasteiger partial charge on any atom is -0.267 e. The predicted octanol–water partition coefficient (Wildman–Crippen LogP) is 3.74. The van der Waals surface area contributed by atoms with E-state index >= 15 is 0 Å². The first-order valence-corrected chi connectivity index (χ1v) is 10.8. The summed E-state index contributed by atoms with van der Waals surface area (Å²) in [5.74, 6) is 1.74. The van der Waals surface area contributed by atoms with Gasteiger partial charge in [0.2, 0.25) is 10.1 Å². The highest BCUT2D eigenvalue weighted by Crippen LogP contribution is 2.22. The lowest BCUT2D eigenvalue weighted by molar-refractivity contribution is 0.635. The molecule has 0 spiro atoms. The normalized spacial score (nSPS) is 11.6. The molecule has 0 amide bonds. The number of H-pyrrole nitrogens is 1. The van der Waals surface area contributed by atoms with Crippen molar-refractivity contribution in [2.75, 3.05) is 0 Å². The molecule has 0 radical (unpaired) electrons. The van der Waals surface area contributed by atoms with Crippen molar-refractivity contribution >= 4 is 28.1 Å². The molecule has 0 saturated heterocycles. The fraction of sp³-hybridized carbons (Fsp3) is 0.316. The molecule has 9 heteroatoms. The first-order valence-electron chi connectivity index (χ1n) is 8.99. The Balaban J connectivity index is 1.49. The molecule has 4 aromatic rings. The third-order valence-corrected chi connectivity index (χ3v) is 5.87. The maximum atomic E-state index is 12.3. The van der Waals surface area contributed by atoms with Gasteiger partial charge in [0, 0.05) is 23.8 Å². The van der Waals surface area contributed by atoms with Crippen LogP contribution in [-0.4, -0.2) is 29.8 Å². The molecule has 0 aliphatic heterocycles. The molecule has 4 rings (SSSR count). The lowest BCUT2D eigenvalue weighted by Gasteiger charge is -1.98. The summed E-state index contributed by atoms with van der Waals surface area (Å²) in [5, 5.41) is 13.2. The summed E-state index contributed by atoms with van der Waals surface area (Å²) in [7, 11) is 0. The summed E-state index contributed by atoms with van der Waals surface area (Å²) in [5.41, 5.74) is 2.74. The van der Waals surface area contributed by atoms with Crippen molar-refractivity contribution in [1.29, 1.82) is 0 Å². The Morgan fingerprint density at radius 3 is 2.75 bits per heavy atom. The fourth-order valence-corrected chi connectivity index (χ4v) is 4.51. The van der Waals surface area contributed by atoms with Crippen molar-refractivity contribution in [3.63, 3.8) is 0 Å². The van der Waals surface area contributed by atoms with E-state index in [2.05, 4.69) is 39.1 Å². The molecular weight excluding hydrogens is 392 g/mol. The van der Waals surface area contributed by atoms with Crippen LogP contribution >= 0.6 is 23.1 Å². The Kier molecular flexibility index (Phi) is 5.27. The number of nitrogens with one attached hydrogen (secondary N) is 1. The zero-order chi connectivity index (χ0) is 19.7.